The molecule has 1 saturated carbocycles. The maximum Gasteiger partial charge on any atom is 0.249 e. The van der Waals surface area contributed by atoms with Crippen LogP contribution >= 0.6 is 0 Å². The van der Waals surface area contributed by atoms with Gasteiger partial charge in [-0.15, -0.1) is 5.10 Å². The third-order valence-electron chi connectivity index (χ3n) is 5.39. The van der Waals surface area contributed by atoms with Crippen molar-refractivity contribution in [2.24, 2.45) is 0 Å². The number of amides is 1. The molecule has 0 unspecified atom stereocenters. The van der Waals surface area contributed by atoms with Crippen molar-refractivity contribution in [2.45, 2.75) is 24.7 Å². The molecule has 1 aromatic heterocycles. The molecule has 0 aliphatic heterocycles. The number of anilines is 1. The van der Waals surface area contributed by atoms with Crippen LogP contribution in [0.15, 0.2) is 42.5 Å². The molecule has 1 aliphatic carbocycles. The zero-order valence-electron chi connectivity index (χ0n) is 16.2. The zero-order valence-corrected chi connectivity index (χ0v) is 16.2. The van der Waals surface area contributed by atoms with E-state index < -0.39 is 5.41 Å². The van der Waals surface area contributed by atoms with Crippen molar-refractivity contribution in [1.29, 1.82) is 0 Å². The first-order valence-corrected chi connectivity index (χ1v) is 9.28. The van der Waals surface area contributed by atoms with Crippen molar-refractivity contribution in [3.05, 3.63) is 53.8 Å². The lowest BCUT2D eigenvalue weighted by atomic mass is 9.64. The Labute approximate surface area is 167 Å². The number of halogens is 1. The van der Waals surface area contributed by atoms with E-state index in [1.807, 2.05) is 0 Å². The summed E-state index contributed by atoms with van der Waals surface area (Å²) in [5, 5.41) is 9.70. The lowest BCUT2D eigenvalue weighted by molar-refractivity contribution is -0.124. The van der Waals surface area contributed by atoms with Gasteiger partial charge in [-0.05, 0) is 42.7 Å². The summed E-state index contributed by atoms with van der Waals surface area (Å²) in [5.74, 6) is 1.24. The van der Waals surface area contributed by atoms with Crippen LogP contribution in [0.2, 0.25) is 0 Å². The van der Waals surface area contributed by atoms with Crippen LogP contribution in [0, 0.1) is 5.82 Å². The van der Waals surface area contributed by atoms with E-state index in [4.69, 9.17) is 9.47 Å². The van der Waals surface area contributed by atoms with E-state index in [1.54, 1.807) is 44.6 Å². The Balaban J connectivity index is 1.57. The van der Waals surface area contributed by atoms with E-state index in [0.717, 1.165) is 6.42 Å². The number of H-pyrrole nitrogens is 1. The summed E-state index contributed by atoms with van der Waals surface area (Å²) in [4.78, 5) is 17.4. The summed E-state index contributed by atoms with van der Waals surface area (Å²) in [5.41, 5.74) is 0.611. The highest BCUT2D eigenvalue weighted by atomic mass is 19.1. The van der Waals surface area contributed by atoms with Crippen molar-refractivity contribution in [2.75, 3.05) is 19.5 Å². The van der Waals surface area contributed by atoms with E-state index in [9.17, 15) is 9.18 Å². The summed E-state index contributed by atoms with van der Waals surface area (Å²) in [6.45, 7) is 0. The van der Waals surface area contributed by atoms with Gasteiger partial charge in [-0.25, -0.2) is 4.39 Å². The molecule has 0 saturated heterocycles. The van der Waals surface area contributed by atoms with Gasteiger partial charge in [0.2, 0.25) is 11.9 Å². The fourth-order valence-corrected chi connectivity index (χ4v) is 3.62. The molecule has 1 fully saturated rings. The first kappa shape index (κ1) is 18.9. The van der Waals surface area contributed by atoms with Crippen LogP contribution in [0.25, 0.3) is 11.4 Å². The minimum Gasteiger partial charge on any atom is -0.497 e. The lowest BCUT2D eigenvalue weighted by Crippen LogP contribution is -2.46. The first-order valence-electron chi connectivity index (χ1n) is 9.28. The maximum absolute atomic E-state index is 13.7. The van der Waals surface area contributed by atoms with Gasteiger partial charge in [0.25, 0.3) is 0 Å². The van der Waals surface area contributed by atoms with Gasteiger partial charge < -0.3 is 9.47 Å². The average Bonchev–Trinajstić information content (AvgIpc) is 3.14. The number of benzene rings is 2. The average molecular weight is 396 g/mol. The Hall–Kier alpha value is -3.42. The molecule has 7 nitrogen and oxygen atoms in total. The molecule has 0 bridgehead atoms. The quantitative estimate of drug-likeness (QED) is 0.663. The lowest BCUT2D eigenvalue weighted by Gasteiger charge is -2.40. The normalized spacial score (nSPS) is 14.7. The Morgan fingerprint density at radius 2 is 2.00 bits per heavy atom. The predicted molar refractivity (Wildman–Crippen MR) is 105 cm³/mol. The number of ether oxygens (including phenoxy) is 2. The molecular formula is C21H21FN4O3. The number of carbonyl (C=O) groups is 1. The molecular weight excluding hydrogens is 375 g/mol. The second kappa shape index (κ2) is 7.54. The molecule has 2 aromatic carbocycles. The Morgan fingerprint density at radius 3 is 2.66 bits per heavy atom. The molecule has 0 radical (unpaired) electrons. The van der Waals surface area contributed by atoms with Gasteiger partial charge in [-0.2, -0.15) is 4.98 Å². The van der Waals surface area contributed by atoms with Gasteiger partial charge >= 0.3 is 0 Å². The molecule has 3 aromatic rings. The summed E-state index contributed by atoms with van der Waals surface area (Å²) in [7, 11) is 3.13. The highest BCUT2D eigenvalue weighted by molar-refractivity contribution is 5.99. The molecule has 2 N–H and O–H groups in total. The molecule has 8 heteroatoms. The maximum atomic E-state index is 13.7. The standard InChI is InChI=1S/C21H21FN4O3/c1-28-15-7-8-16(17(12-15)29-2)18-23-20(26-25-18)24-19(27)21(9-4-10-21)13-5-3-6-14(22)11-13/h3,5-8,11-12H,4,9-10H2,1-2H3,(H2,23,24,25,26,27). The molecule has 4 rings (SSSR count). The Bertz CT molecular complexity index is 1050. The van der Waals surface area contributed by atoms with Gasteiger partial charge in [0.1, 0.15) is 17.3 Å². The fraction of sp³-hybridized carbons (Fsp3) is 0.286. The van der Waals surface area contributed by atoms with Crippen LogP contribution in [0.1, 0.15) is 24.8 Å². The van der Waals surface area contributed by atoms with E-state index in [0.29, 0.717) is 41.3 Å². The van der Waals surface area contributed by atoms with Gasteiger partial charge in [0.05, 0.1) is 25.2 Å². The largest absolute Gasteiger partial charge is 0.497 e. The van der Waals surface area contributed by atoms with Crippen LogP contribution < -0.4 is 14.8 Å². The third-order valence-corrected chi connectivity index (χ3v) is 5.39. The third kappa shape index (κ3) is 3.41. The minimum absolute atomic E-state index is 0.158. The van der Waals surface area contributed by atoms with Crippen LogP contribution in [-0.2, 0) is 10.2 Å². The number of aromatic nitrogens is 3. The second-order valence-electron chi connectivity index (χ2n) is 6.97. The molecule has 1 amide bonds. The second-order valence-corrected chi connectivity index (χ2v) is 6.97. The minimum atomic E-state index is -0.749. The van der Waals surface area contributed by atoms with E-state index in [1.165, 1.54) is 12.1 Å². The monoisotopic (exact) mass is 396 g/mol. The van der Waals surface area contributed by atoms with Crippen molar-refractivity contribution < 1.29 is 18.7 Å². The van der Waals surface area contributed by atoms with E-state index >= 15 is 0 Å². The van der Waals surface area contributed by atoms with E-state index in [-0.39, 0.29) is 17.7 Å². The van der Waals surface area contributed by atoms with Crippen LogP contribution in [0.5, 0.6) is 11.5 Å². The van der Waals surface area contributed by atoms with Gasteiger partial charge in [0.15, 0.2) is 5.82 Å². The van der Waals surface area contributed by atoms with Crippen LogP contribution in [0.3, 0.4) is 0 Å². The molecule has 150 valence electrons. The van der Waals surface area contributed by atoms with Crippen LogP contribution in [-0.4, -0.2) is 35.3 Å². The summed E-state index contributed by atoms with van der Waals surface area (Å²) in [6.07, 6.45) is 2.23. The van der Waals surface area contributed by atoms with Gasteiger partial charge in [-0.3, -0.25) is 15.2 Å². The first-order chi connectivity index (χ1) is 14.1. The number of nitrogens with one attached hydrogen (secondary N) is 2. The van der Waals surface area contributed by atoms with E-state index in [2.05, 4.69) is 20.5 Å². The summed E-state index contributed by atoms with van der Waals surface area (Å²) >= 11 is 0. The zero-order chi connectivity index (χ0) is 20.4. The van der Waals surface area contributed by atoms with Crippen LogP contribution in [0.4, 0.5) is 10.3 Å². The highest BCUT2D eigenvalue weighted by Crippen LogP contribution is 2.44. The summed E-state index contributed by atoms with van der Waals surface area (Å²) < 4.78 is 24.3. The van der Waals surface area contributed by atoms with Gasteiger partial charge in [0, 0.05) is 6.07 Å². The van der Waals surface area contributed by atoms with Crippen molar-refractivity contribution in [3.8, 4) is 22.9 Å². The molecule has 1 heterocycles. The van der Waals surface area contributed by atoms with Crippen molar-refractivity contribution in [1.82, 2.24) is 15.2 Å². The van der Waals surface area contributed by atoms with Crippen molar-refractivity contribution in [3.63, 3.8) is 0 Å². The molecule has 0 spiro atoms. The number of methoxy groups -OCH3 is 2. The Kier molecular flexibility index (Phi) is 4.92. The predicted octanol–water partition coefficient (Wildman–Crippen LogP) is 3.69. The number of hydrogen-bond acceptors (Lipinski definition) is 5. The summed E-state index contributed by atoms with van der Waals surface area (Å²) in [6, 6.07) is 11.5. The number of carbonyl (C=O) groups excluding carboxylic acids is 1. The molecule has 1 aliphatic rings. The smallest absolute Gasteiger partial charge is 0.249 e. The number of nitrogens with zero attached hydrogens (tertiary/aromatic N) is 2. The number of aromatic amines is 1. The SMILES string of the molecule is COc1ccc(-c2nc(NC(=O)C3(c4cccc(F)c4)CCC3)n[nH]2)c(OC)c1. The fourth-order valence-electron chi connectivity index (χ4n) is 3.62. The number of hydrogen-bond donors (Lipinski definition) is 2. The topological polar surface area (TPSA) is 89.1 Å². The van der Waals surface area contributed by atoms with Gasteiger partial charge in [-0.1, -0.05) is 18.6 Å². The number of rotatable bonds is 6. The Morgan fingerprint density at radius 1 is 1.17 bits per heavy atom. The van der Waals surface area contributed by atoms with Crippen molar-refractivity contribution >= 4 is 11.9 Å². The molecule has 0 atom stereocenters. The highest BCUT2D eigenvalue weighted by Gasteiger charge is 2.46. The molecule has 29 heavy (non-hydrogen) atoms.